The van der Waals surface area contributed by atoms with Crippen molar-refractivity contribution in [3.63, 3.8) is 0 Å². The minimum Gasteiger partial charge on any atom is -0.481 e. The summed E-state index contributed by atoms with van der Waals surface area (Å²) >= 11 is 5.82. The van der Waals surface area contributed by atoms with Crippen LogP contribution in [0.15, 0.2) is 18.2 Å². The molecule has 1 aromatic rings. The van der Waals surface area contributed by atoms with Gasteiger partial charge in [0.05, 0.1) is 16.5 Å². The first-order valence-corrected chi connectivity index (χ1v) is 6.77. The highest BCUT2D eigenvalue weighted by Crippen LogP contribution is 2.27. The van der Waals surface area contributed by atoms with Gasteiger partial charge in [0.25, 0.3) is 5.91 Å². The molecule has 1 amide bonds. The van der Waals surface area contributed by atoms with E-state index in [9.17, 15) is 14.0 Å². The van der Waals surface area contributed by atoms with Crippen molar-refractivity contribution in [2.75, 3.05) is 6.54 Å². The normalized spacial score (nSPS) is 22.6. The van der Waals surface area contributed by atoms with Crippen LogP contribution in [0, 0.1) is 11.7 Å². The van der Waals surface area contributed by atoms with E-state index in [1.54, 1.807) is 0 Å². The monoisotopic (exact) mass is 299 g/mol. The molecule has 2 rings (SSSR count). The molecule has 1 fully saturated rings. The molecule has 1 N–H and O–H groups in total. The van der Waals surface area contributed by atoms with E-state index >= 15 is 0 Å². The van der Waals surface area contributed by atoms with Gasteiger partial charge in [-0.2, -0.15) is 0 Å². The van der Waals surface area contributed by atoms with Crippen LogP contribution in [0.1, 0.15) is 30.1 Å². The van der Waals surface area contributed by atoms with Crippen LogP contribution in [0.2, 0.25) is 5.02 Å². The van der Waals surface area contributed by atoms with Crippen molar-refractivity contribution in [1.82, 2.24) is 4.90 Å². The molecule has 0 saturated carbocycles. The number of piperidine rings is 1. The molecule has 0 aliphatic carbocycles. The molecule has 0 spiro atoms. The van der Waals surface area contributed by atoms with E-state index in [2.05, 4.69) is 0 Å². The third-order valence-corrected chi connectivity index (χ3v) is 4.06. The van der Waals surface area contributed by atoms with Crippen LogP contribution < -0.4 is 0 Å². The second kappa shape index (κ2) is 5.79. The molecule has 1 aromatic carbocycles. The van der Waals surface area contributed by atoms with Crippen molar-refractivity contribution in [3.8, 4) is 0 Å². The Morgan fingerprint density at radius 3 is 2.75 bits per heavy atom. The Morgan fingerprint density at radius 1 is 1.40 bits per heavy atom. The fourth-order valence-corrected chi connectivity index (χ4v) is 2.62. The molecular weight excluding hydrogens is 285 g/mol. The Labute approximate surface area is 121 Å². The number of carboxylic acid groups (broad SMARTS) is 1. The zero-order valence-electron chi connectivity index (χ0n) is 11.0. The molecule has 108 valence electrons. The van der Waals surface area contributed by atoms with Crippen LogP contribution in [0.3, 0.4) is 0 Å². The molecular formula is C14H15ClFNO3. The lowest BCUT2D eigenvalue weighted by atomic mass is 9.93. The highest BCUT2D eigenvalue weighted by Gasteiger charge is 2.33. The fourth-order valence-electron chi connectivity index (χ4n) is 2.42. The second-order valence-corrected chi connectivity index (χ2v) is 5.40. The SMILES string of the molecule is CC1CCC(C(=O)O)CN1C(=O)c1cccc(F)c1Cl. The summed E-state index contributed by atoms with van der Waals surface area (Å²) in [4.78, 5) is 25.0. The first-order valence-electron chi connectivity index (χ1n) is 6.39. The maximum Gasteiger partial charge on any atom is 0.308 e. The van der Waals surface area contributed by atoms with E-state index in [1.807, 2.05) is 6.92 Å². The molecule has 1 saturated heterocycles. The summed E-state index contributed by atoms with van der Waals surface area (Å²) in [7, 11) is 0. The number of carboxylic acids is 1. The number of aliphatic carboxylic acids is 1. The molecule has 0 radical (unpaired) electrons. The summed E-state index contributed by atoms with van der Waals surface area (Å²) in [6.45, 7) is 1.98. The predicted octanol–water partition coefficient (Wildman–Crippen LogP) is 2.80. The minimum atomic E-state index is -0.917. The van der Waals surface area contributed by atoms with Crippen molar-refractivity contribution >= 4 is 23.5 Å². The quantitative estimate of drug-likeness (QED) is 0.913. The molecule has 1 heterocycles. The van der Waals surface area contributed by atoms with Crippen LogP contribution in [-0.2, 0) is 4.79 Å². The zero-order chi connectivity index (χ0) is 14.9. The summed E-state index contributed by atoms with van der Waals surface area (Å²) in [5.74, 6) is -2.58. The molecule has 1 aliphatic rings. The van der Waals surface area contributed by atoms with E-state index < -0.39 is 23.6 Å². The molecule has 20 heavy (non-hydrogen) atoms. The number of rotatable bonds is 2. The van der Waals surface area contributed by atoms with Crippen LogP contribution >= 0.6 is 11.6 Å². The Bertz CT molecular complexity index is 549. The predicted molar refractivity (Wildman–Crippen MR) is 72.3 cm³/mol. The summed E-state index contributed by atoms with van der Waals surface area (Å²) < 4.78 is 13.4. The van der Waals surface area contributed by atoms with E-state index in [0.29, 0.717) is 12.8 Å². The Hall–Kier alpha value is -1.62. The van der Waals surface area contributed by atoms with Crippen LogP contribution in [0.4, 0.5) is 4.39 Å². The molecule has 0 bridgehead atoms. The first kappa shape index (κ1) is 14.8. The molecule has 6 heteroatoms. The van der Waals surface area contributed by atoms with E-state index in [4.69, 9.17) is 16.7 Å². The van der Waals surface area contributed by atoms with E-state index in [-0.39, 0.29) is 23.2 Å². The molecule has 2 unspecified atom stereocenters. The number of nitrogens with zero attached hydrogens (tertiary/aromatic N) is 1. The Morgan fingerprint density at radius 2 is 2.10 bits per heavy atom. The number of halogens is 2. The summed E-state index contributed by atoms with van der Waals surface area (Å²) in [5, 5.41) is 8.85. The van der Waals surface area contributed by atoms with Gasteiger partial charge in [-0.1, -0.05) is 17.7 Å². The van der Waals surface area contributed by atoms with Gasteiger partial charge in [0.15, 0.2) is 0 Å². The standard InChI is InChI=1S/C14H15ClFNO3/c1-8-5-6-9(14(19)20)7-17(8)13(18)10-3-2-4-11(16)12(10)15/h2-4,8-9H,5-7H2,1H3,(H,19,20). The Kier molecular flexibility index (Phi) is 4.28. The number of hydrogen-bond acceptors (Lipinski definition) is 2. The molecule has 2 atom stereocenters. The van der Waals surface area contributed by atoms with Crippen molar-refractivity contribution in [1.29, 1.82) is 0 Å². The highest BCUT2D eigenvalue weighted by atomic mass is 35.5. The van der Waals surface area contributed by atoms with Crippen molar-refractivity contribution < 1.29 is 19.1 Å². The van der Waals surface area contributed by atoms with Crippen LogP contribution in [-0.4, -0.2) is 34.5 Å². The van der Waals surface area contributed by atoms with Gasteiger partial charge in [0.2, 0.25) is 0 Å². The lowest BCUT2D eigenvalue weighted by molar-refractivity contribution is -0.143. The lowest BCUT2D eigenvalue weighted by Crippen LogP contribution is -2.47. The number of carbonyl (C=O) groups excluding carboxylic acids is 1. The first-order chi connectivity index (χ1) is 9.41. The van der Waals surface area contributed by atoms with Crippen LogP contribution in [0.25, 0.3) is 0 Å². The van der Waals surface area contributed by atoms with Crippen molar-refractivity contribution in [2.45, 2.75) is 25.8 Å². The minimum absolute atomic E-state index is 0.0737. The van der Waals surface area contributed by atoms with Gasteiger partial charge in [-0.15, -0.1) is 0 Å². The average Bonchev–Trinajstić information content (AvgIpc) is 2.41. The second-order valence-electron chi connectivity index (χ2n) is 5.02. The number of hydrogen-bond donors (Lipinski definition) is 1. The molecule has 0 aromatic heterocycles. The van der Waals surface area contributed by atoms with E-state index in [0.717, 1.165) is 0 Å². The molecule has 1 aliphatic heterocycles. The van der Waals surface area contributed by atoms with Gasteiger partial charge in [0.1, 0.15) is 5.82 Å². The van der Waals surface area contributed by atoms with Gasteiger partial charge in [-0.25, -0.2) is 4.39 Å². The van der Waals surface area contributed by atoms with E-state index in [1.165, 1.54) is 23.1 Å². The van der Waals surface area contributed by atoms with Gasteiger partial charge < -0.3 is 10.0 Å². The smallest absolute Gasteiger partial charge is 0.308 e. The van der Waals surface area contributed by atoms with Crippen LogP contribution in [0.5, 0.6) is 0 Å². The van der Waals surface area contributed by atoms with Gasteiger partial charge in [-0.3, -0.25) is 9.59 Å². The number of carbonyl (C=O) groups is 2. The zero-order valence-corrected chi connectivity index (χ0v) is 11.7. The fraction of sp³-hybridized carbons (Fsp3) is 0.429. The average molecular weight is 300 g/mol. The maximum atomic E-state index is 13.4. The number of likely N-dealkylation sites (tertiary alicyclic amines) is 1. The largest absolute Gasteiger partial charge is 0.481 e. The molecule has 4 nitrogen and oxygen atoms in total. The topological polar surface area (TPSA) is 57.6 Å². The summed E-state index contributed by atoms with van der Waals surface area (Å²) in [5.41, 5.74) is 0.0737. The lowest BCUT2D eigenvalue weighted by Gasteiger charge is -2.36. The number of benzene rings is 1. The summed E-state index contributed by atoms with van der Waals surface area (Å²) in [6, 6.07) is 3.96. The third kappa shape index (κ3) is 2.77. The highest BCUT2D eigenvalue weighted by molar-refractivity contribution is 6.34. The van der Waals surface area contributed by atoms with Gasteiger partial charge in [0, 0.05) is 12.6 Å². The van der Waals surface area contributed by atoms with Gasteiger partial charge in [-0.05, 0) is 31.9 Å². The maximum absolute atomic E-state index is 13.4. The van der Waals surface area contributed by atoms with Gasteiger partial charge >= 0.3 is 5.97 Å². The third-order valence-electron chi connectivity index (χ3n) is 3.67. The summed E-state index contributed by atoms with van der Waals surface area (Å²) in [6.07, 6.45) is 1.15. The Balaban J connectivity index is 2.26. The number of amides is 1. The van der Waals surface area contributed by atoms with Crippen molar-refractivity contribution in [3.05, 3.63) is 34.6 Å². The van der Waals surface area contributed by atoms with Crippen molar-refractivity contribution in [2.24, 2.45) is 5.92 Å².